The van der Waals surface area contributed by atoms with Crippen molar-refractivity contribution in [1.82, 2.24) is 4.98 Å². The van der Waals surface area contributed by atoms with E-state index in [1.807, 2.05) is 6.92 Å². The van der Waals surface area contributed by atoms with Gasteiger partial charge in [0.05, 0.1) is 10.7 Å². The summed E-state index contributed by atoms with van der Waals surface area (Å²) >= 11 is 9.12. The molecule has 0 fully saturated rings. The number of hydrogen-bond donors (Lipinski definition) is 2. The lowest BCUT2D eigenvalue weighted by Gasteiger charge is -2.09. The second-order valence-electron chi connectivity index (χ2n) is 4.14. The van der Waals surface area contributed by atoms with Crippen LogP contribution in [0.25, 0.3) is 0 Å². The van der Waals surface area contributed by atoms with Gasteiger partial charge in [0.1, 0.15) is 10.7 Å². The van der Waals surface area contributed by atoms with E-state index in [-0.39, 0.29) is 4.90 Å². The number of rotatable bonds is 5. The average Bonchev–Trinajstić information content (AvgIpc) is 2.44. The molecule has 0 aliphatic carbocycles. The van der Waals surface area contributed by atoms with Crippen molar-refractivity contribution in [3.63, 3.8) is 0 Å². The molecule has 0 saturated heterocycles. The molecule has 0 radical (unpaired) electrons. The number of pyridine rings is 1. The van der Waals surface area contributed by atoms with E-state index in [1.54, 1.807) is 24.3 Å². The number of nitrogens with zero attached hydrogens (tertiary/aromatic N) is 1. The molecule has 1 aromatic carbocycles. The van der Waals surface area contributed by atoms with Crippen molar-refractivity contribution in [3.05, 3.63) is 46.0 Å². The van der Waals surface area contributed by atoms with Gasteiger partial charge >= 0.3 is 0 Å². The van der Waals surface area contributed by atoms with Gasteiger partial charge in [0, 0.05) is 17.2 Å². The highest BCUT2D eigenvalue weighted by atomic mass is 79.9. The van der Waals surface area contributed by atoms with E-state index in [2.05, 4.69) is 31.0 Å². The molecule has 1 aromatic heterocycles. The van der Waals surface area contributed by atoms with Crippen LogP contribution in [0.3, 0.4) is 0 Å². The normalized spacial score (nSPS) is 11.2. The molecule has 2 aromatic rings. The van der Waals surface area contributed by atoms with Crippen LogP contribution in [0.4, 0.5) is 11.5 Å². The van der Waals surface area contributed by atoms with Crippen LogP contribution in [-0.2, 0) is 10.0 Å². The second kappa shape index (κ2) is 6.64. The maximum absolute atomic E-state index is 12.2. The second-order valence-corrected chi connectivity index (χ2v) is 7.09. The predicted octanol–water partition coefficient (Wildman–Crippen LogP) is 3.73. The van der Waals surface area contributed by atoms with Crippen molar-refractivity contribution in [3.8, 4) is 0 Å². The van der Waals surface area contributed by atoms with E-state index in [0.717, 1.165) is 6.54 Å². The van der Waals surface area contributed by atoms with E-state index >= 15 is 0 Å². The zero-order chi connectivity index (χ0) is 15.5. The number of halogens is 2. The van der Waals surface area contributed by atoms with E-state index in [9.17, 15) is 8.42 Å². The largest absolute Gasteiger partial charge is 0.370 e. The molecule has 0 bridgehead atoms. The Morgan fingerprint density at radius 1 is 1.29 bits per heavy atom. The maximum Gasteiger partial charge on any atom is 0.263 e. The number of benzene rings is 1. The fourth-order valence-electron chi connectivity index (χ4n) is 1.60. The Bertz CT molecular complexity index is 736. The summed E-state index contributed by atoms with van der Waals surface area (Å²) in [6.07, 6.45) is 1.31. The molecular formula is C13H13BrClN3O2S. The number of aromatic nitrogens is 1. The van der Waals surface area contributed by atoms with Crippen LogP contribution in [0, 0.1) is 0 Å². The molecule has 5 nitrogen and oxygen atoms in total. The molecule has 0 aliphatic rings. The van der Waals surface area contributed by atoms with Crippen molar-refractivity contribution in [2.45, 2.75) is 11.8 Å². The summed E-state index contributed by atoms with van der Waals surface area (Å²) < 4.78 is 27.6. The molecule has 0 saturated carbocycles. The van der Waals surface area contributed by atoms with Crippen molar-refractivity contribution < 1.29 is 8.42 Å². The van der Waals surface area contributed by atoms with Gasteiger partial charge < -0.3 is 5.32 Å². The summed E-state index contributed by atoms with van der Waals surface area (Å²) in [5.41, 5.74) is 0.419. The molecule has 1 heterocycles. The smallest absolute Gasteiger partial charge is 0.263 e. The number of sulfonamides is 1. The Kier molecular flexibility index (Phi) is 5.08. The van der Waals surface area contributed by atoms with Gasteiger partial charge in [0.2, 0.25) is 0 Å². The molecule has 0 unspecified atom stereocenters. The first-order chi connectivity index (χ1) is 9.92. The minimum absolute atomic E-state index is 0.0928. The van der Waals surface area contributed by atoms with Gasteiger partial charge in [-0.15, -0.1) is 0 Å². The van der Waals surface area contributed by atoms with Gasteiger partial charge in [-0.3, -0.25) is 4.72 Å². The summed E-state index contributed by atoms with van der Waals surface area (Å²) in [6.45, 7) is 2.66. The monoisotopic (exact) mass is 389 g/mol. The molecule has 112 valence electrons. The Labute approximate surface area is 136 Å². The first-order valence-corrected chi connectivity index (χ1v) is 8.75. The van der Waals surface area contributed by atoms with E-state index in [4.69, 9.17) is 11.6 Å². The van der Waals surface area contributed by atoms with Crippen LogP contribution in [0.2, 0.25) is 5.02 Å². The highest BCUT2D eigenvalue weighted by Gasteiger charge is 2.15. The fourth-order valence-corrected chi connectivity index (χ4v) is 3.09. The van der Waals surface area contributed by atoms with Crippen molar-refractivity contribution in [1.29, 1.82) is 0 Å². The van der Waals surface area contributed by atoms with Crippen molar-refractivity contribution in [2.75, 3.05) is 16.6 Å². The minimum atomic E-state index is -3.68. The van der Waals surface area contributed by atoms with E-state index in [1.165, 1.54) is 12.3 Å². The van der Waals surface area contributed by atoms with Gasteiger partial charge in [-0.1, -0.05) is 11.6 Å². The molecule has 0 spiro atoms. The number of hydrogen-bond acceptors (Lipinski definition) is 4. The quantitative estimate of drug-likeness (QED) is 0.816. The third kappa shape index (κ3) is 4.09. The average molecular weight is 391 g/mol. The van der Waals surface area contributed by atoms with E-state index in [0.29, 0.717) is 21.0 Å². The van der Waals surface area contributed by atoms with Crippen molar-refractivity contribution in [2.24, 2.45) is 0 Å². The van der Waals surface area contributed by atoms with Gasteiger partial charge in [-0.2, -0.15) is 0 Å². The lowest BCUT2D eigenvalue weighted by molar-refractivity contribution is 0.601. The highest BCUT2D eigenvalue weighted by molar-refractivity contribution is 9.10. The van der Waals surface area contributed by atoms with Crippen LogP contribution in [0.15, 0.2) is 45.9 Å². The summed E-state index contributed by atoms with van der Waals surface area (Å²) in [7, 11) is -3.68. The standard InChI is InChI=1S/C13H13BrClN3O2S/c1-2-16-13-6-4-10(8-17-13)21(19,20)18-9-3-5-12(15)11(14)7-9/h3-8,18H,2H2,1H3,(H,16,17). The topological polar surface area (TPSA) is 71.1 Å². The van der Waals surface area contributed by atoms with Gasteiger partial charge in [-0.05, 0) is 53.2 Å². The molecule has 2 N–H and O–H groups in total. The number of nitrogens with one attached hydrogen (secondary N) is 2. The first-order valence-electron chi connectivity index (χ1n) is 6.10. The summed E-state index contributed by atoms with van der Waals surface area (Å²) in [5.74, 6) is 0.630. The Hall–Kier alpha value is -1.31. The van der Waals surface area contributed by atoms with Gasteiger partial charge in [-0.25, -0.2) is 13.4 Å². The Morgan fingerprint density at radius 3 is 2.62 bits per heavy atom. The van der Waals surface area contributed by atoms with Gasteiger partial charge in [0.15, 0.2) is 0 Å². The SMILES string of the molecule is CCNc1ccc(S(=O)(=O)Nc2ccc(Cl)c(Br)c2)cn1. The molecule has 0 aliphatic heterocycles. The fraction of sp³-hybridized carbons (Fsp3) is 0.154. The third-order valence-electron chi connectivity index (χ3n) is 2.58. The van der Waals surface area contributed by atoms with Crippen LogP contribution in [-0.4, -0.2) is 19.9 Å². The summed E-state index contributed by atoms with van der Waals surface area (Å²) in [5, 5.41) is 3.51. The van der Waals surface area contributed by atoms with Crippen molar-refractivity contribution >= 4 is 49.1 Å². The van der Waals surface area contributed by atoms with Crippen LogP contribution in [0.1, 0.15) is 6.92 Å². The Balaban J connectivity index is 2.23. The summed E-state index contributed by atoms with van der Waals surface area (Å²) in [6, 6.07) is 7.91. The maximum atomic E-state index is 12.2. The molecule has 21 heavy (non-hydrogen) atoms. The highest BCUT2D eigenvalue weighted by Crippen LogP contribution is 2.26. The zero-order valence-corrected chi connectivity index (χ0v) is 14.3. The summed E-state index contributed by atoms with van der Waals surface area (Å²) in [4.78, 5) is 4.14. The van der Waals surface area contributed by atoms with Crippen LogP contribution >= 0.6 is 27.5 Å². The van der Waals surface area contributed by atoms with Crippen LogP contribution in [0.5, 0.6) is 0 Å². The first kappa shape index (κ1) is 16.1. The minimum Gasteiger partial charge on any atom is -0.370 e. The Morgan fingerprint density at radius 2 is 2.05 bits per heavy atom. The molecule has 2 rings (SSSR count). The van der Waals surface area contributed by atoms with E-state index < -0.39 is 10.0 Å². The lowest BCUT2D eigenvalue weighted by atomic mass is 10.3. The predicted molar refractivity (Wildman–Crippen MR) is 88.4 cm³/mol. The van der Waals surface area contributed by atoms with Crippen LogP contribution < -0.4 is 10.0 Å². The number of anilines is 2. The molecular weight excluding hydrogens is 378 g/mol. The zero-order valence-electron chi connectivity index (χ0n) is 11.1. The lowest BCUT2D eigenvalue weighted by Crippen LogP contribution is -2.13. The third-order valence-corrected chi connectivity index (χ3v) is 5.16. The van der Waals surface area contributed by atoms with Gasteiger partial charge in [0.25, 0.3) is 10.0 Å². The molecule has 0 atom stereocenters. The molecule has 0 amide bonds. The molecule has 8 heteroatoms.